The van der Waals surface area contributed by atoms with Crippen molar-refractivity contribution in [3.05, 3.63) is 34.4 Å². The lowest BCUT2D eigenvalue weighted by Crippen LogP contribution is -2.48. The molecule has 0 heterocycles. The fourth-order valence-electron chi connectivity index (χ4n) is 2.59. The third-order valence-corrected chi connectivity index (χ3v) is 7.01. The highest BCUT2D eigenvalue weighted by molar-refractivity contribution is 7.91. The van der Waals surface area contributed by atoms with Crippen LogP contribution in [0.1, 0.15) is 41.5 Å². The lowest BCUT2D eigenvalue weighted by molar-refractivity contribution is -0.384. The quantitative estimate of drug-likeness (QED) is 0.0808. The normalized spacial score (nSPS) is 13.3. The van der Waals surface area contributed by atoms with Crippen LogP contribution in [0.2, 0.25) is 0 Å². The number of nitrogens with zero attached hydrogens (tertiary/aromatic N) is 1. The van der Waals surface area contributed by atoms with Gasteiger partial charge in [0.2, 0.25) is 5.91 Å². The van der Waals surface area contributed by atoms with Crippen LogP contribution in [0.15, 0.2) is 24.3 Å². The molecule has 0 aliphatic heterocycles. The van der Waals surface area contributed by atoms with Crippen LogP contribution in [0.4, 0.5) is 10.5 Å². The van der Waals surface area contributed by atoms with E-state index < -0.39 is 80.0 Å². The molecule has 1 amide bonds. The van der Waals surface area contributed by atoms with Crippen molar-refractivity contribution < 1.29 is 56.5 Å². The number of ether oxygens (including phenoxy) is 3. The Bertz CT molecular complexity index is 1210. The number of nitro groups is 1. The van der Waals surface area contributed by atoms with E-state index in [0.29, 0.717) is 0 Å². The average molecular weight is 606 g/mol. The van der Waals surface area contributed by atoms with E-state index in [-0.39, 0.29) is 18.0 Å². The summed E-state index contributed by atoms with van der Waals surface area (Å²) in [5, 5.41) is 13.0. The molecule has 1 aromatic carbocycles. The van der Waals surface area contributed by atoms with E-state index in [4.69, 9.17) is 19.9 Å². The highest BCUT2D eigenvalue weighted by Gasteiger charge is 2.40. The zero-order valence-corrected chi connectivity index (χ0v) is 24.3. The summed E-state index contributed by atoms with van der Waals surface area (Å²) in [6.45, 7) is 7.78. The fraction of sp³-hybridized carbons (Fsp3) is 0.583. The summed E-state index contributed by atoms with van der Waals surface area (Å²) < 4.78 is 39.6. The number of nitrogens with two attached hydrogens (primary N) is 1. The molecule has 0 aromatic heterocycles. The molecule has 0 aliphatic carbocycles. The first kappa shape index (κ1) is 35.2. The second kappa shape index (κ2) is 14.7. The molecule has 41 heavy (non-hydrogen) atoms. The number of carbonyl (C=O) groups is 4. The maximum Gasteiger partial charge on any atom is 0.514 e. The van der Waals surface area contributed by atoms with Crippen molar-refractivity contribution in [1.82, 2.24) is 5.32 Å². The Balaban J connectivity index is 2.42. The predicted octanol–water partition coefficient (Wildman–Crippen LogP) is 1.40. The topological polar surface area (TPSA) is 230 Å². The third-order valence-electron chi connectivity index (χ3n) is 5.21. The maximum absolute atomic E-state index is 12.3. The zero-order valence-electron chi connectivity index (χ0n) is 23.5. The molecule has 2 atom stereocenters. The molecule has 0 saturated heterocycles. The third kappa shape index (κ3) is 12.5. The van der Waals surface area contributed by atoms with E-state index in [1.807, 2.05) is 0 Å². The van der Waals surface area contributed by atoms with Gasteiger partial charge in [0.25, 0.3) is 5.69 Å². The number of hydrogen-bond donors (Lipinski definition) is 2. The highest BCUT2D eigenvalue weighted by atomic mass is 32.2. The average Bonchev–Trinajstić information content (AvgIpc) is 2.84. The SMILES string of the molecule is CC(CS(=O)(=O)CCNC(=O)COC(N)C(C)(C)C(=O)OOC(=O)C(C)(C)C)OC(=O)Oc1ccc([N+](=O)[O-])cc1. The number of rotatable bonds is 13. The smallest absolute Gasteiger partial charge is 0.430 e. The minimum atomic E-state index is -3.79. The van der Waals surface area contributed by atoms with Crippen molar-refractivity contribution in [3.8, 4) is 5.75 Å². The van der Waals surface area contributed by atoms with Crippen LogP contribution in [-0.2, 0) is 43.5 Å². The van der Waals surface area contributed by atoms with Crippen molar-refractivity contribution in [3.63, 3.8) is 0 Å². The van der Waals surface area contributed by atoms with Crippen LogP contribution in [0.5, 0.6) is 5.75 Å². The summed E-state index contributed by atoms with van der Waals surface area (Å²) in [4.78, 5) is 67.0. The summed E-state index contributed by atoms with van der Waals surface area (Å²) in [5.74, 6) is -3.63. The van der Waals surface area contributed by atoms with Crippen molar-refractivity contribution in [2.24, 2.45) is 16.6 Å². The first-order chi connectivity index (χ1) is 18.7. The number of sulfone groups is 1. The predicted molar refractivity (Wildman–Crippen MR) is 141 cm³/mol. The summed E-state index contributed by atoms with van der Waals surface area (Å²) in [6, 6.07) is 4.59. The van der Waals surface area contributed by atoms with Crippen LogP contribution in [0.3, 0.4) is 0 Å². The number of nitrogens with one attached hydrogen (secondary N) is 1. The van der Waals surface area contributed by atoms with Gasteiger partial charge in [0.1, 0.15) is 30.1 Å². The summed E-state index contributed by atoms with van der Waals surface area (Å²) in [6.07, 6.45) is -3.66. The molecule has 0 radical (unpaired) electrons. The van der Waals surface area contributed by atoms with Gasteiger partial charge in [0.15, 0.2) is 9.84 Å². The number of amides is 1. The van der Waals surface area contributed by atoms with Crippen LogP contribution in [0, 0.1) is 20.9 Å². The molecule has 0 spiro atoms. The lowest BCUT2D eigenvalue weighted by atomic mass is 9.92. The highest BCUT2D eigenvalue weighted by Crippen LogP contribution is 2.24. The molecule has 16 nitrogen and oxygen atoms in total. The molecule has 0 bridgehead atoms. The van der Waals surface area contributed by atoms with E-state index in [1.54, 1.807) is 20.8 Å². The Hall–Kier alpha value is -3.83. The van der Waals surface area contributed by atoms with Crippen LogP contribution >= 0.6 is 0 Å². The zero-order chi connectivity index (χ0) is 31.6. The van der Waals surface area contributed by atoms with Crippen LogP contribution in [0.25, 0.3) is 0 Å². The second-order valence-electron chi connectivity index (χ2n) is 10.4. The van der Waals surface area contributed by atoms with Gasteiger partial charge in [-0.1, -0.05) is 0 Å². The molecule has 230 valence electrons. The van der Waals surface area contributed by atoms with E-state index in [2.05, 4.69) is 15.1 Å². The standard InChI is InChI=1S/C24H35N3O13S/c1-15(37-22(31)38-17-9-7-16(8-10-17)27(32)33)14-41(34,35)12-11-26-18(28)13-36-19(25)24(5,6)21(30)40-39-20(29)23(2,3)4/h7-10,15,19H,11-14,25H2,1-6H3,(H,26,28). The van der Waals surface area contributed by atoms with E-state index in [9.17, 15) is 37.7 Å². The van der Waals surface area contributed by atoms with E-state index in [1.165, 1.54) is 32.9 Å². The first-order valence-electron chi connectivity index (χ1n) is 12.1. The Morgan fingerprint density at radius 1 is 1.02 bits per heavy atom. The molecule has 0 saturated carbocycles. The molecule has 1 rings (SSSR count). The van der Waals surface area contributed by atoms with Gasteiger partial charge in [-0.3, -0.25) is 14.9 Å². The molecule has 3 N–H and O–H groups in total. The Morgan fingerprint density at radius 2 is 1.59 bits per heavy atom. The Morgan fingerprint density at radius 3 is 2.12 bits per heavy atom. The summed E-state index contributed by atoms with van der Waals surface area (Å²) in [7, 11) is -3.79. The second-order valence-corrected chi connectivity index (χ2v) is 12.7. The number of non-ortho nitro benzene ring substituents is 1. The Kier molecular flexibility index (Phi) is 12.6. The molecule has 0 fully saturated rings. The lowest BCUT2D eigenvalue weighted by Gasteiger charge is -2.28. The Labute approximate surface area is 236 Å². The molecule has 2 unspecified atom stereocenters. The van der Waals surface area contributed by atoms with Crippen LogP contribution < -0.4 is 15.8 Å². The van der Waals surface area contributed by atoms with Crippen molar-refractivity contribution in [2.75, 3.05) is 24.7 Å². The van der Waals surface area contributed by atoms with Gasteiger partial charge >= 0.3 is 18.1 Å². The van der Waals surface area contributed by atoms with Gasteiger partial charge in [-0.2, -0.15) is 0 Å². The van der Waals surface area contributed by atoms with E-state index in [0.717, 1.165) is 12.1 Å². The number of carbonyl (C=O) groups excluding carboxylic acids is 4. The number of hydrogen-bond acceptors (Lipinski definition) is 14. The molecular formula is C24H35N3O13S. The molecule has 0 aliphatic rings. The minimum Gasteiger partial charge on any atom is -0.430 e. The van der Waals surface area contributed by atoms with Crippen molar-refractivity contribution in [1.29, 1.82) is 0 Å². The first-order valence-corrected chi connectivity index (χ1v) is 14.0. The van der Waals surface area contributed by atoms with Crippen molar-refractivity contribution >= 4 is 39.5 Å². The van der Waals surface area contributed by atoms with Gasteiger partial charge < -0.3 is 25.3 Å². The van der Waals surface area contributed by atoms with Gasteiger partial charge in [-0.15, -0.1) is 0 Å². The van der Waals surface area contributed by atoms with Gasteiger partial charge in [0, 0.05) is 18.7 Å². The number of benzene rings is 1. The minimum absolute atomic E-state index is 0.0374. The van der Waals surface area contributed by atoms with Crippen molar-refractivity contribution in [2.45, 2.75) is 53.9 Å². The molecular weight excluding hydrogens is 570 g/mol. The molecule has 1 aromatic rings. The van der Waals surface area contributed by atoms with Gasteiger partial charge in [-0.25, -0.2) is 32.6 Å². The monoisotopic (exact) mass is 605 g/mol. The number of nitro benzene ring substituents is 1. The van der Waals surface area contributed by atoms with Crippen LogP contribution in [-0.4, -0.2) is 74.3 Å². The van der Waals surface area contributed by atoms with Gasteiger partial charge in [-0.05, 0) is 53.7 Å². The summed E-state index contributed by atoms with van der Waals surface area (Å²) >= 11 is 0. The van der Waals surface area contributed by atoms with E-state index >= 15 is 0 Å². The largest absolute Gasteiger partial charge is 0.514 e. The summed E-state index contributed by atoms with van der Waals surface area (Å²) in [5.41, 5.74) is 3.19. The fourth-order valence-corrected chi connectivity index (χ4v) is 3.95. The maximum atomic E-state index is 12.3. The molecule has 17 heteroatoms. The van der Waals surface area contributed by atoms with Gasteiger partial charge in [0.05, 0.1) is 21.8 Å².